The molecule has 2 heterocycles. The number of carbonyl (C=O) groups excluding carboxylic acids is 1. The van der Waals surface area contributed by atoms with Gasteiger partial charge < -0.3 is 9.47 Å². The monoisotopic (exact) mass is 385 g/mol. The first-order chi connectivity index (χ1) is 13.1. The van der Waals surface area contributed by atoms with Gasteiger partial charge in [0, 0.05) is 17.0 Å². The highest BCUT2D eigenvalue weighted by Gasteiger charge is 2.24. The third-order valence-electron chi connectivity index (χ3n) is 4.50. The van der Waals surface area contributed by atoms with Gasteiger partial charge in [-0.2, -0.15) is 0 Å². The first-order valence-corrected chi connectivity index (χ1v) is 9.20. The van der Waals surface area contributed by atoms with Gasteiger partial charge in [-0.1, -0.05) is 0 Å². The van der Waals surface area contributed by atoms with Gasteiger partial charge in [-0.25, -0.2) is 14.8 Å². The number of nitrogens with zero attached hydrogens (tertiary/aromatic N) is 3. The van der Waals surface area contributed by atoms with Crippen LogP contribution in [0.5, 0.6) is 11.6 Å². The van der Waals surface area contributed by atoms with Crippen molar-refractivity contribution in [3.63, 3.8) is 0 Å². The average molecular weight is 385 g/mol. The van der Waals surface area contributed by atoms with Gasteiger partial charge in [0.25, 0.3) is 5.69 Å². The summed E-state index contributed by atoms with van der Waals surface area (Å²) in [5.41, 5.74) is 0.708. The highest BCUT2D eigenvalue weighted by molar-refractivity contribution is 7.18. The lowest BCUT2D eigenvalue weighted by atomic mass is 9.97. The van der Waals surface area contributed by atoms with Crippen molar-refractivity contribution in [2.24, 2.45) is 0 Å². The molecule has 0 aliphatic heterocycles. The maximum absolute atomic E-state index is 11.9. The Morgan fingerprint density at radius 1 is 1.26 bits per heavy atom. The number of carbonyl (C=O) groups is 1. The SMILES string of the molecule is COC(=O)c1cc(Oc2ncnc3sc4c(c23)CCCC4)ccc1[N+](=O)[O-]. The maximum Gasteiger partial charge on any atom is 0.345 e. The van der Waals surface area contributed by atoms with E-state index in [0.717, 1.165) is 35.9 Å². The summed E-state index contributed by atoms with van der Waals surface area (Å²) >= 11 is 1.65. The van der Waals surface area contributed by atoms with Crippen LogP contribution in [0.2, 0.25) is 0 Å². The molecule has 3 aromatic rings. The molecule has 0 saturated heterocycles. The van der Waals surface area contributed by atoms with Crippen LogP contribution in [0.3, 0.4) is 0 Å². The normalized spacial score (nSPS) is 13.2. The second kappa shape index (κ2) is 6.92. The van der Waals surface area contributed by atoms with Crippen molar-refractivity contribution in [3.05, 3.63) is 50.6 Å². The zero-order valence-electron chi connectivity index (χ0n) is 14.4. The van der Waals surface area contributed by atoms with E-state index in [4.69, 9.17) is 4.74 Å². The van der Waals surface area contributed by atoms with E-state index < -0.39 is 10.9 Å². The third kappa shape index (κ3) is 3.10. The molecule has 0 saturated carbocycles. The Kier molecular flexibility index (Phi) is 4.44. The first-order valence-electron chi connectivity index (χ1n) is 8.38. The predicted molar refractivity (Wildman–Crippen MR) is 98.6 cm³/mol. The molecule has 0 amide bonds. The van der Waals surface area contributed by atoms with E-state index in [9.17, 15) is 14.9 Å². The fourth-order valence-corrected chi connectivity index (χ4v) is 4.48. The number of fused-ring (bicyclic) bond motifs is 3. The highest BCUT2D eigenvalue weighted by Crippen LogP contribution is 2.40. The van der Waals surface area contributed by atoms with E-state index in [1.54, 1.807) is 11.3 Å². The molecular formula is C18H15N3O5S. The zero-order chi connectivity index (χ0) is 19.0. The standard InChI is InChI=1S/C18H15N3O5S/c1-25-18(22)12-8-10(6-7-13(12)21(23)24)26-16-15-11-4-2-3-5-14(11)27-17(15)20-9-19-16/h6-9H,2-5H2,1H3. The summed E-state index contributed by atoms with van der Waals surface area (Å²) in [6, 6.07) is 3.97. The van der Waals surface area contributed by atoms with Gasteiger partial charge in [0.2, 0.25) is 5.88 Å². The number of nitro benzene ring substituents is 1. The molecule has 4 rings (SSSR count). The predicted octanol–water partition coefficient (Wildman–Crippen LogP) is 4.06. The molecule has 0 spiro atoms. The number of thiophene rings is 1. The molecule has 2 aromatic heterocycles. The van der Waals surface area contributed by atoms with Crippen molar-refractivity contribution in [3.8, 4) is 11.6 Å². The van der Waals surface area contributed by atoms with Crippen LogP contribution in [0.4, 0.5) is 5.69 Å². The van der Waals surface area contributed by atoms with Crippen molar-refractivity contribution in [1.29, 1.82) is 0 Å². The Bertz CT molecular complexity index is 1060. The Balaban J connectivity index is 1.77. The molecule has 1 aliphatic rings. The lowest BCUT2D eigenvalue weighted by Gasteiger charge is -2.12. The van der Waals surface area contributed by atoms with Crippen LogP contribution in [0, 0.1) is 10.1 Å². The molecule has 1 aliphatic carbocycles. The van der Waals surface area contributed by atoms with Crippen LogP contribution in [0.25, 0.3) is 10.2 Å². The molecule has 0 unspecified atom stereocenters. The maximum atomic E-state index is 11.9. The van der Waals surface area contributed by atoms with E-state index in [1.165, 1.54) is 42.1 Å². The number of methoxy groups -OCH3 is 1. The molecule has 8 nitrogen and oxygen atoms in total. The molecular weight excluding hydrogens is 370 g/mol. The Hall–Kier alpha value is -3.07. The minimum Gasteiger partial charge on any atom is -0.465 e. The van der Waals surface area contributed by atoms with Gasteiger partial charge in [-0.15, -0.1) is 11.3 Å². The third-order valence-corrected chi connectivity index (χ3v) is 5.70. The molecule has 138 valence electrons. The molecule has 1 aromatic carbocycles. The lowest BCUT2D eigenvalue weighted by molar-refractivity contribution is -0.385. The molecule has 0 N–H and O–H groups in total. The molecule has 0 atom stereocenters. The quantitative estimate of drug-likeness (QED) is 0.379. The number of ether oxygens (including phenoxy) is 2. The minimum atomic E-state index is -0.798. The van der Waals surface area contributed by atoms with Gasteiger partial charge in [-0.3, -0.25) is 10.1 Å². The van der Waals surface area contributed by atoms with Gasteiger partial charge in [0.1, 0.15) is 22.5 Å². The number of aromatic nitrogens is 2. The summed E-state index contributed by atoms with van der Waals surface area (Å²) in [5, 5.41) is 12.0. The largest absolute Gasteiger partial charge is 0.465 e. The number of esters is 1. The highest BCUT2D eigenvalue weighted by atomic mass is 32.1. The smallest absolute Gasteiger partial charge is 0.345 e. The average Bonchev–Trinajstić information content (AvgIpc) is 3.06. The number of benzene rings is 1. The lowest BCUT2D eigenvalue weighted by Crippen LogP contribution is -2.06. The summed E-state index contributed by atoms with van der Waals surface area (Å²) in [4.78, 5) is 33.2. The number of aryl methyl sites for hydroxylation is 2. The zero-order valence-corrected chi connectivity index (χ0v) is 15.2. The van der Waals surface area contributed by atoms with Crippen molar-refractivity contribution >= 4 is 33.2 Å². The summed E-state index contributed by atoms with van der Waals surface area (Å²) in [6.45, 7) is 0. The van der Waals surface area contributed by atoms with E-state index in [-0.39, 0.29) is 17.0 Å². The van der Waals surface area contributed by atoms with E-state index in [2.05, 4.69) is 14.7 Å². The van der Waals surface area contributed by atoms with Crippen molar-refractivity contribution < 1.29 is 19.2 Å². The van der Waals surface area contributed by atoms with Crippen LogP contribution in [-0.2, 0) is 17.6 Å². The van der Waals surface area contributed by atoms with Crippen LogP contribution in [-0.4, -0.2) is 28.0 Å². The van der Waals surface area contributed by atoms with E-state index >= 15 is 0 Å². The molecule has 0 bridgehead atoms. The van der Waals surface area contributed by atoms with Crippen LogP contribution >= 0.6 is 11.3 Å². The van der Waals surface area contributed by atoms with Crippen molar-refractivity contribution in [1.82, 2.24) is 9.97 Å². The molecule has 9 heteroatoms. The second-order valence-electron chi connectivity index (χ2n) is 6.10. The van der Waals surface area contributed by atoms with Crippen LogP contribution in [0.1, 0.15) is 33.6 Å². The van der Waals surface area contributed by atoms with E-state index in [1.807, 2.05) is 0 Å². The molecule has 0 radical (unpaired) electrons. The number of nitro groups is 1. The first kappa shape index (κ1) is 17.3. The summed E-state index contributed by atoms with van der Waals surface area (Å²) in [5.74, 6) is -0.131. The fraction of sp³-hybridized carbons (Fsp3) is 0.278. The summed E-state index contributed by atoms with van der Waals surface area (Å²) in [7, 11) is 1.17. The molecule has 0 fully saturated rings. The topological polar surface area (TPSA) is 104 Å². The van der Waals surface area contributed by atoms with Gasteiger partial charge in [0.05, 0.1) is 17.4 Å². The Morgan fingerprint density at radius 3 is 2.85 bits per heavy atom. The van der Waals surface area contributed by atoms with Crippen LogP contribution < -0.4 is 4.74 Å². The van der Waals surface area contributed by atoms with Gasteiger partial charge in [-0.05, 0) is 37.3 Å². The number of rotatable bonds is 4. The summed E-state index contributed by atoms with van der Waals surface area (Å²) in [6.07, 6.45) is 5.68. The van der Waals surface area contributed by atoms with Crippen molar-refractivity contribution in [2.45, 2.75) is 25.7 Å². The summed E-state index contributed by atoms with van der Waals surface area (Å²) < 4.78 is 10.6. The fourth-order valence-electron chi connectivity index (χ4n) is 3.26. The van der Waals surface area contributed by atoms with Crippen LogP contribution in [0.15, 0.2) is 24.5 Å². The van der Waals surface area contributed by atoms with Gasteiger partial charge >= 0.3 is 5.97 Å². The number of hydrogen-bond acceptors (Lipinski definition) is 8. The minimum absolute atomic E-state index is 0.169. The van der Waals surface area contributed by atoms with Gasteiger partial charge in [0.15, 0.2) is 0 Å². The van der Waals surface area contributed by atoms with Crippen molar-refractivity contribution in [2.75, 3.05) is 7.11 Å². The Labute approximate surface area is 157 Å². The van der Waals surface area contributed by atoms with E-state index in [0.29, 0.717) is 5.88 Å². The molecule has 27 heavy (non-hydrogen) atoms. The number of hydrogen-bond donors (Lipinski definition) is 0. The Morgan fingerprint density at radius 2 is 2.07 bits per heavy atom. The second-order valence-corrected chi connectivity index (χ2v) is 7.18.